The number of likely N-dealkylation sites (N-methyl/N-ethyl adjacent to an activating group) is 1. The number of anilines is 1. The number of thioether (sulfide) groups is 1. The number of thiazole rings is 1. The Morgan fingerprint density at radius 1 is 1.18 bits per heavy atom. The van der Waals surface area contributed by atoms with Crippen LogP contribution in [0.15, 0.2) is 54.0 Å². The van der Waals surface area contributed by atoms with Gasteiger partial charge in [0.1, 0.15) is 0 Å². The molecule has 206 valence electrons. The van der Waals surface area contributed by atoms with Crippen molar-refractivity contribution in [3.05, 3.63) is 76.0 Å². The quantitative estimate of drug-likeness (QED) is 0.0616. The molecular formula is C26H33ClN10S2. The first-order valence-corrected chi connectivity index (χ1v) is 14.7. The maximum Gasteiger partial charge on any atom is 0.204 e. The Morgan fingerprint density at radius 3 is 2.67 bits per heavy atom. The molecule has 3 rings (SSSR count). The van der Waals surface area contributed by atoms with Gasteiger partial charge in [-0.15, -0.1) is 11.3 Å². The average molecular weight is 585 g/mol. The van der Waals surface area contributed by atoms with E-state index in [1.165, 1.54) is 16.9 Å². The molecule has 3 aromatic rings. The number of pyridine rings is 1. The van der Waals surface area contributed by atoms with Gasteiger partial charge in [0.15, 0.2) is 17.3 Å². The zero-order valence-electron chi connectivity index (χ0n) is 21.7. The van der Waals surface area contributed by atoms with Crippen molar-refractivity contribution >= 4 is 51.8 Å². The molecular weight excluding hydrogens is 552 g/mol. The number of guanidine groups is 2. The van der Waals surface area contributed by atoms with Gasteiger partial charge in [-0.2, -0.15) is 17.0 Å². The third-order valence-electron chi connectivity index (χ3n) is 5.91. The van der Waals surface area contributed by atoms with Crippen LogP contribution < -0.4 is 16.4 Å². The molecule has 13 heteroatoms. The van der Waals surface area contributed by atoms with Crippen LogP contribution >= 0.6 is 34.7 Å². The van der Waals surface area contributed by atoms with Gasteiger partial charge in [-0.25, -0.2) is 4.98 Å². The van der Waals surface area contributed by atoms with Gasteiger partial charge in [-0.3, -0.25) is 21.1 Å². The average Bonchev–Trinajstić information content (AvgIpc) is 3.36. The Hall–Kier alpha value is -3.37. The Balaban J connectivity index is 1.50. The lowest BCUT2D eigenvalue weighted by molar-refractivity contribution is 0.284. The number of hydrogen-bond donors (Lipinski definition) is 5. The van der Waals surface area contributed by atoms with Crippen LogP contribution in [0.2, 0.25) is 5.02 Å². The Kier molecular flexibility index (Phi) is 12.3. The molecule has 0 radical (unpaired) electrons. The lowest BCUT2D eigenvalue weighted by atomic mass is 9.92. The summed E-state index contributed by atoms with van der Waals surface area (Å²) in [5.41, 5.74) is 8.46. The topological polar surface area (TPSA) is 154 Å². The highest BCUT2D eigenvalue weighted by Crippen LogP contribution is 2.28. The minimum atomic E-state index is -0.134. The number of halogens is 1. The van der Waals surface area contributed by atoms with Crippen molar-refractivity contribution in [3.63, 3.8) is 0 Å². The molecule has 10 nitrogen and oxygen atoms in total. The minimum Gasteiger partial charge on any atom is -0.370 e. The third-order valence-corrected chi connectivity index (χ3v) is 7.94. The van der Waals surface area contributed by atoms with Crippen LogP contribution in [0.3, 0.4) is 0 Å². The monoisotopic (exact) mass is 584 g/mol. The molecule has 2 heterocycles. The summed E-state index contributed by atoms with van der Waals surface area (Å²) in [5.74, 6) is 1.59. The summed E-state index contributed by atoms with van der Waals surface area (Å²) in [6, 6.07) is 13.9. The molecule has 39 heavy (non-hydrogen) atoms. The van der Waals surface area contributed by atoms with E-state index in [0.29, 0.717) is 29.0 Å². The predicted molar refractivity (Wildman–Crippen MR) is 162 cm³/mol. The molecule has 0 aliphatic rings. The molecule has 0 spiro atoms. The largest absolute Gasteiger partial charge is 0.370 e. The van der Waals surface area contributed by atoms with Gasteiger partial charge in [-0.05, 0) is 49.8 Å². The molecule has 0 bridgehead atoms. The van der Waals surface area contributed by atoms with Crippen molar-refractivity contribution in [2.45, 2.75) is 18.1 Å². The summed E-state index contributed by atoms with van der Waals surface area (Å²) in [4.78, 5) is 13.1. The number of nitrogens with one attached hydrogen (secondary N) is 4. The molecule has 0 amide bonds. The lowest BCUT2D eigenvalue weighted by Gasteiger charge is -2.27. The van der Waals surface area contributed by atoms with E-state index >= 15 is 0 Å². The van der Waals surface area contributed by atoms with Crippen molar-refractivity contribution in [3.8, 4) is 6.19 Å². The van der Waals surface area contributed by atoms with Crippen molar-refractivity contribution in [1.82, 2.24) is 25.1 Å². The van der Waals surface area contributed by atoms with Gasteiger partial charge in [0, 0.05) is 59.4 Å². The number of benzene rings is 1. The van der Waals surface area contributed by atoms with Gasteiger partial charge in [-0.1, -0.05) is 29.8 Å². The summed E-state index contributed by atoms with van der Waals surface area (Å²) >= 11 is 9.22. The van der Waals surface area contributed by atoms with E-state index in [-0.39, 0.29) is 17.8 Å². The standard InChI is InChI=1S/C26H33ClN10S2/c1-36(11-9-22(23-4-2-3-10-32-23)19-5-7-20(27)8-6-19)12-13-37(25(31)33-18-28)14-15-38-16-21-17-39-26(34-21)35-24(29)30/h2-8,10,17,22H,9,11-16H2,1H3,(H2,31,33)(H4,29,30,34,35). The molecule has 1 aromatic carbocycles. The molecule has 0 aliphatic carbocycles. The van der Waals surface area contributed by atoms with Gasteiger partial charge in [0.2, 0.25) is 5.96 Å². The minimum absolute atomic E-state index is 0.0978. The summed E-state index contributed by atoms with van der Waals surface area (Å²) < 4.78 is 0. The summed E-state index contributed by atoms with van der Waals surface area (Å²) in [5, 5.41) is 33.0. The first-order chi connectivity index (χ1) is 18.9. The van der Waals surface area contributed by atoms with Crippen LogP contribution in [0.1, 0.15) is 29.3 Å². The molecule has 0 fully saturated rings. The van der Waals surface area contributed by atoms with Crippen molar-refractivity contribution in [2.24, 2.45) is 5.73 Å². The number of hydrogen-bond acceptors (Lipinski definition) is 8. The summed E-state index contributed by atoms with van der Waals surface area (Å²) in [6.07, 6.45) is 4.56. The van der Waals surface area contributed by atoms with E-state index in [1.54, 1.807) is 11.8 Å². The van der Waals surface area contributed by atoms with Crippen molar-refractivity contribution in [1.29, 1.82) is 16.1 Å². The molecule has 1 atom stereocenters. The maximum atomic E-state index is 9.03. The SMILES string of the molecule is CN(CCC(c1ccc(Cl)cc1)c1ccccn1)CCN(CCSCc1csc(NC(=N)N)n1)C(=N)NC#N. The van der Waals surface area contributed by atoms with Crippen molar-refractivity contribution in [2.75, 3.05) is 44.3 Å². The van der Waals surface area contributed by atoms with E-state index in [0.717, 1.165) is 36.7 Å². The second-order valence-electron chi connectivity index (χ2n) is 8.76. The highest BCUT2D eigenvalue weighted by atomic mass is 35.5. The number of nitrogens with zero attached hydrogens (tertiary/aromatic N) is 5. The molecule has 0 saturated carbocycles. The van der Waals surface area contributed by atoms with Gasteiger partial charge in [0.05, 0.1) is 5.69 Å². The van der Waals surface area contributed by atoms with Crippen LogP contribution in [0, 0.1) is 22.3 Å². The van der Waals surface area contributed by atoms with Gasteiger partial charge >= 0.3 is 0 Å². The predicted octanol–water partition coefficient (Wildman–Crippen LogP) is 4.19. The zero-order chi connectivity index (χ0) is 28.0. The van der Waals surface area contributed by atoms with Gasteiger partial charge in [0.25, 0.3) is 0 Å². The second kappa shape index (κ2) is 15.9. The fourth-order valence-electron chi connectivity index (χ4n) is 3.88. The summed E-state index contributed by atoms with van der Waals surface area (Å²) in [6.45, 7) is 2.81. The Morgan fingerprint density at radius 2 is 1.97 bits per heavy atom. The first-order valence-electron chi connectivity index (χ1n) is 12.3. The van der Waals surface area contributed by atoms with Crippen molar-refractivity contribution < 1.29 is 0 Å². The van der Waals surface area contributed by atoms with Crippen LogP contribution in [-0.2, 0) is 5.75 Å². The Bertz CT molecular complexity index is 1230. The second-order valence-corrected chi connectivity index (χ2v) is 11.2. The highest BCUT2D eigenvalue weighted by Gasteiger charge is 2.17. The van der Waals surface area contributed by atoms with Crippen LogP contribution in [-0.4, -0.2) is 70.7 Å². The Labute approximate surface area is 242 Å². The van der Waals surface area contributed by atoms with Crippen LogP contribution in [0.25, 0.3) is 0 Å². The normalized spacial score (nSPS) is 11.5. The highest BCUT2D eigenvalue weighted by molar-refractivity contribution is 7.98. The number of rotatable bonds is 14. The molecule has 0 aliphatic heterocycles. The van der Waals surface area contributed by atoms with E-state index in [1.807, 2.05) is 46.9 Å². The number of nitrogens with two attached hydrogens (primary N) is 1. The maximum absolute atomic E-state index is 9.03. The smallest absolute Gasteiger partial charge is 0.204 e. The van der Waals surface area contributed by atoms with E-state index < -0.39 is 0 Å². The lowest BCUT2D eigenvalue weighted by Crippen LogP contribution is -2.43. The fraction of sp³-hybridized carbons (Fsp3) is 0.346. The van der Waals surface area contributed by atoms with Gasteiger partial charge < -0.3 is 20.9 Å². The summed E-state index contributed by atoms with van der Waals surface area (Å²) in [7, 11) is 2.07. The van der Waals surface area contributed by atoms with Crippen LogP contribution in [0.5, 0.6) is 0 Å². The van der Waals surface area contributed by atoms with E-state index in [9.17, 15) is 0 Å². The van der Waals surface area contributed by atoms with E-state index in [2.05, 4.69) is 50.7 Å². The molecule has 1 unspecified atom stereocenters. The van der Waals surface area contributed by atoms with E-state index in [4.69, 9.17) is 33.4 Å². The third kappa shape index (κ3) is 10.4. The number of nitriles is 1. The zero-order valence-corrected chi connectivity index (χ0v) is 24.1. The van der Waals surface area contributed by atoms with Crippen LogP contribution in [0.4, 0.5) is 5.13 Å². The fourth-order valence-corrected chi connectivity index (χ4v) is 5.68. The molecule has 2 aromatic heterocycles. The number of aromatic nitrogens is 2. The molecule has 0 saturated heterocycles. The molecule has 6 N–H and O–H groups in total. The first kappa shape index (κ1) is 30.2.